The Bertz CT molecular complexity index is 812. The monoisotopic (exact) mass is 353 g/mol. The molecule has 3 rings (SSSR count). The SMILES string of the molecule is Cc1nc(-c2cccc(NC(=S)NCCc3ccccc3)c2)cs1. The van der Waals surface area contributed by atoms with Gasteiger partial charge in [0.2, 0.25) is 0 Å². The number of aryl methyl sites for hydroxylation is 1. The number of anilines is 1. The molecule has 0 aliphatic carbocycles. The van der Waals surface area contributed by atoms with E-state index in [0.717, 1.165) is 34.9 Å². The molecule has 1 aromatic heterocycles. The number of rotatable bonds is 5. The van der Waals surface area contributed by atoms with Crippen molar-refractivity contribution < 1.29 is 0 Å². The summed E-state index contributed by atoms with van der Waals surface area (Å²) >= 11 is 7.04. The molecule has 0 bridgehead atoms. The molecule has 0 aliphatic heterocycles. The van der Waals surface area contributed by atoms with Crippen molar-refractivity contribution in [2.75, 3.05) is 11.9 Å². The van der Waals surface area contributed by atoms with Gasteiger partial charge in [0.15, 0.2) is 5.11 Å². The summed E-state index contributed by atoms with van der Waals surface area (Å²) in [6.07, 6.45) is 0.945. The Morgan fingerprint density at radius 2 is 1.96 bits per heavy atom. The second kappa shape index (κ2) is 8.04. The van der Waals surface area contributed by atoms with Gasteiger partial charge in [0, 0.05) is 23.2 Å². The summed E-state index contributed by atoms with van der Waals surface area (Å²) in [6, 6.07) is 18.5. The van der Waals surface area contributed by atoms with E-state index in [1.165, 1.54) is 5.56 Å². The highest BCUT2D eigenvalue weighted by Crippen LogP contribution is 2.24. The second-order valence-corrected chi connectivity index (χ2v) is 6.92. The summed E-state index contributed by atoms with van der Waals surface area (Å²) in [7, 11) is 0. The molecule has 5 heteroatoms. The van der Waals surface area contributed by atoms with Gasteiger partial charge in [-0.25, -0.2) is 4.98 Å². The largest absolute Gasteiger partial charge is 0.362 e. The number of benzene rings is 2. The lowest BCUT2D eigenvalue weighted by Crippen LogP contribution is -2.30. The summed E-state index contributed by atoms with van der Waals surface area (Å²) in [5.74, 6) is 0. The first-order chi connectivity index (χ1) is 11.7. The highest BCUT2D eigenvalue weighted by atomic mass is 32.1. The zero-order valence-electron chi connectivity index (χ0n) is 13.5. The molecule has 0 amide bonds. The van der Waals surface area contributed by atoms with Crippen LogP contribution in [-0.2, 0) is 6.42 Å². The molecule has 3 nitrogen and oxygen atoms in total. The molecule has 2 aromatic carbocycles. The quantitative estimate of drug-likeness (QED) is 0.655. The zero-order chi connectivity index (χ0) is 16.8. The molecule has 122 valence electrons. The van der Waals surface area contributed by atoms with Gasteiger partial charge < -0.3 is 10.6 Å². The first-order valence-corrected chi connectivity index (χ1v) is 9.11. The van der Waals surface area contributed by atoms with E-state index >= 15 is 0 Å². The molecule has 0 saturated heterocycles. The number of hydrogen-bond donors (Lipinski definition) is 2. The van der Waals surface area contributed by atoms with Crippen molar-refractivity contribution in [1.82, 2.24) is 10.3 Å². The first kappa shape index (κ1) is 16.6. The second-order valence-electron chi connectivity index (χ2n) is 5.45. The van der Waals surface area contributed by atoms with Crippen LogP contribution in [0.4, 0.5) is 5.69 Å². The topological polar surface area (TPSA) is 37.0 Å². The van der Waals surface area contributed by atoms with Crippen molar-refractivity contribution in [2.45, 2.75) is 13.3 Å². The maximum absolute atomic E-state index is 5.38. The van der Waals surface area contributed by atoms with Gasteiger partial charge >= 0.3 is 0 Å². The van der Waals surface area contributed by atoms with Crippen LogP contribution in [0, 0.1) is 6.92 Å². The number of aromatic nitrogens is 1. The number of thiocarbonyl (C=S) groups is 1. The van der Waals surface area contributed by atoms with E-state index in [0.29, 0.717) is 5.11 Å². The smallest absolute Gasteiger partial charge is 0.170 e. The van der Waals surface area contributed by atoms with Crippen molar-refractivity contribution in [3.8, 4) is 11.3 Å². The Hall–Kier alpha value is -2.24. The minimum absolute atomic E-state index is 0.637. The van der Waals surface area contributed by atoms with Crippen LogP contribution in [0.15, 0.2) is 60.0 Å². The fraction of sp³-hybridized carbons (Fsp3) is 0.158. The normalized spacial score (nSPS) is 10.4. The molecule has 0 saturated carbocycles. The average Bonchev–Trinajstić information content (AvgIpc) is 3.03. The van der Waals surface area contributed by atoms with Crippen molar-refractivity contribution >= 4 is 34.4 Å². The van der Waals surface area contributed by atoms with Crippen molar-refractivity contribution in [3.63, 3.8) is 0 Å². The van der Waals surface area contributed by atoms with E-state index in [9.17, 15) is 0 Å². The fourth-order valence-electron chi connectivity index (χ4n) is 2.39. The molecule has 1 heterocycles. The molecular formula is C19H19N3S2. The van der Waals surface area contributed by atoms with Crippen LogP contribution in [0.25, 0.3) is 11.3 Å². The molecule has 2 N–H and O–H groups in total. The zero-order valence-corrected chi connectivity index (χ0v) is 15.1. The highest BCUT2D eigenvalue weighted by Gasteiger charge is 2.04. The van der Waals surface area contributed by atoms with Gasteiger partial charge in [-0.15, -0.1) is 11.3 Å². The van der Waals surface area contributed by atoms with Crippen molar-refractivity contribution in [2.24, 2.45) is 0 Å². The number of thiazole rings is 1. The molecule has 3 aromatic rings. The summed E-state index contributed by atoms with van der Waals surface area (Å²) in [5.41, 5.74) is 4.37. The van der Waals surface area contributed by atoms with E-state index in [1.54, 1.807) is 11.3 Å². The summed E-state index contributed by atoms with van der Waals surface area (Å²) in [6.45, 7) is 2.82. The van der Waals surface area contributed by atoms with Crippen LogP contribution < -0.4 is 10.6 Å². The van der Waals surface area contributed by atoms with Crippen molar-refractivity contribution in [1.29, 1.82) is 0 Å². The lowest BCUT2D eigenvalue weighted by Gasteiger charge is -2.11. The van der Waals surface area contributed by atoms with Crippen LogP contribution >= 0.6 is 23.6 Å². The Labute approximate surface area is 151 Å². The van der Waals surface area contributed by atoms with E-state index in [4.69, 9.17) is 12.2 Å². The van der Waals surface area contributed by atoms with Crippen LogP contribution in [-0.4, -0.2) is 16.6 Å². The van der Waals surface area contributed by atoms with Crippen LogP contribution in [0.3, 0.4) is 0 Å². The molecule has 0 unspecified atom stereocenters. The summed E-state index contributed by atoms with van der Waals surface area (Å²) in [4.78, 5) is 4.53. The first-order valence-electron chi connectivity index (χ1n) is 7.82. The average molecular weight is 354 g/mol. The van der Waals surface area contributed by atoms with Gasteiger partial charge in [0.05, 0.1) is 10.7 Å². The third kappa shape index (κ3) is 4.63. The minimum Gasteiger partial charge on any atom is -0.362 e. The minimum atomic E-state index is 0.637. The Morgan fingerprint density at radius 3 is 2.71 bits per heavy atom. The van der Waals surface area contributed by atoms with Gasteiger partial charge in [0.25, 0.3) is 0 Å². The molecule has 0 aliphatic rings. The van der Waals surface area contributed by atoms with Gasteiger partial charge in [-0.3, -0.25) is 0 Å². The van der Waals surface area contributed by atoms with E-state index in [2.05, 4.69) is 57.4 Å². The fourth-order valence-corrected chi connectivity index (χ4v) is 3.23. The third-order valence-corrected chi connectivity index (χ3v) is 4.60. The van der Waals surface area contributed by atoms with E-state index in [1.807, 2.05) is 25.1 Å². The van der Waals surface area contributed by atoms with Gasteiger partial charge in [-0.1, -0.05) is 42.5 Å². The predicted molar refractivity (Wildman–Crippen MR) is 107 cm³/mol. The maximum atomic E-state index is 5.38. The molecule has 24 heavy (non-hydrogen) atoms. The molecule has 0 atom stereocenters. The summed E-state index contributed by atoms with van der Waals surface area (Å²) < 4.78 is 0. The number of hydrogen-bond acceptors (Lipinski definition) is 3. The number of nitrogens with zero attached hydrogens (tertiary/aromatic N) is 1. The standard InChI is InChI=1S/C19H19N3S2/c1-14-21-18(13-24-14)16-8-5-9-17(12-16)22-19(23)20-11-10-15-6-3-2-4-7-15/h2-9,12-13H,10-11H2,1H3,(H2,20,22,23). The van der Waals surface area contributed by atoms with Crippen LogP contribution in [0.5, 0.6) is 0 Å². The maximum Gasteiger partial charge on any atom is 0.170 e. The Balaban J connectivity index is 1.54. The molecule has 0 fully saturated rings. The van der Waals surface area contributed by atoms with Crippen molar-refractivity contribution in [3.05, 3.63) is 70.5 Å². The van der Waals surface area contributed by atoms with Gasteiger partial charge in [-0.05, 0) is 43.3 Å². The lowest BCUT2D eigenvalue weighted by molar-refractivity contribution is 0.873. The third-order valence-electron chi connectivity index (χ3n) is 3.58. The van der Waals surface area contributed by atoms with E-state index in [-0.39, 0.29) is 0 Å². The van der Waals surface area contributed by atoms with E-state index < -0.39 is 0 Å². The van der Waals surface area contributed by atoms with Gasteiger partial charge in [-0.2, -0.15) is 0 Å². The van der Waals surface area contributed by atoms with Crippen LogP contribution in [0.1, 0.15) is 10.6 Å². The molecule has 0 spiro atoms. The molecular weight excluding hydrogens is 334 g/mol. The Morgan fingerprint density at radius 1 is 1.12 bits per heavy atom. The highest BCUT2D eigenvalue weighted by molar-refractivity contribution is 7.80. The lowest BCUT2D eigenvalue weighted by atomic mass is 10.1. The Kier molecular flexibility index (Phi) is 5.56. The molecule has 0 radical (unpaired) electrons. The van der Waals surface area contributed by atoms with Crippen LogP contribution in [0.2, 0.25) is 0 Å². The number of nitrogens with one attached hydrogen (secondary N) is 2. The summed E-state index contributed by atoms with van der Waals surface area (Å²) in [5, 5.41) is 10.3. The van der Waals surface area contributed by atoms with Gasteiger partial charge in [0.1, 0.15) is 0 Å². The predicted octanol–water partition coefficient (Wildman–Crippen LogP) is 4.65.